The number of amides is 1. The van der Waals surface area contributed by atoms with Crippen LogP contribution in [0.15, 0.2) is 84.2 Å². The summed E-state index contributed by atoms with van der Waals surface area (Å²) < 4.78 is 12.2. The number of nitrogens with one attached hydrogen (secondary N) is 1. The summed E-state index contributed by atoms with van der Waals surface area (Å²) in [6.45, 7) is 0. The standard InChI is InChI=1S/C27H22N4O3S/c1-33-21-12-8-18(9-13-21)16-23(19-6-4-3-5-7-19)25(32)28-26-29-27-31(30-26)24(17-35-27)20-10-14-22(34-2)15-11-20/h3-17H,1-2H3,(H,28,30,32)/b23-16+. The van der Waals surface area contributed by atoms with Gasteiger partial charge in [-0.2, -0.15) is 4.98 Å². The smallest absolute Gasteiger partial charge is 0.258 e. The van der Waals surface area contributed by atoms with Crippen LogP contribution in [0, 0.1) is 0 Å². The van der Waals surface area contributed by atoms with Gasteiger partial charge in [0.25, 0.3) is 11.9 Å². The molecule has 0 fully saturated rings. The number of rotatable bonds is 7. The van der Waals surface area contributed by atoms with Gasteiger partial charge >= 0.3 is 0 Å². The molecule has 1 N–H and O–H groups in total. The van der Waals surface area contributed by atoms with Crippen molar-refractivity contribution in [1.29, 1.82) is 0 Å². The fourth-order valence-electron chi connectivity index (χ4n) is 3.63. The molecule has 0 spiro atoms. The van der Waals surface area contributed by atoms with Crippen LogP contribution in [0.3, 0.4) is 0 Å². The Balaban J connectivity index is 1.45. The summed E-state index contributed by atoms with van der Waals surface area (Å²) in [6, 6.07) is 24.8. The second-order valence-electron chi connectivity index (χ2n) is 7.63. The zero-order chi connectivity index (χ0) is 24.2. The zero-order valence-electron chi connectivity index (χ0n) is 19.1. The Bertz CT molecular complexity index is 1490. The van der Waals surface area contributed by atoms with Crippen molar-refractivity contribution in [1.82, 2.24) is 14.6 Å². The van der Waals surface area contributed by atoms with Crippen LogP contribution in [0.1, 0.15) is 11.1 Å². The first-order valence-corrected chi connectivity index (χ1v) is 11.7. The lowest BCUT2D eigenvalue weighted by Gasteiger charge is -2.08. The van der Waals surface area contributed by atoms with Crippen LogP contribution in [0.4, 0.5) is 5.95 Å². The van der Waals surface area contributed by atoms with Crippen LogP contribution in [-0.4, -0.2) is 34.7 Å². The fourth-order valence-corrected chi connectivity index (χ4v) is 4.46. The molecule has 8 heteroatoms. The Kier molecular flexibility index (Phi) is 6.28. The lowest BCUT2D eigenvalue weighted by atomic mass is 10.0. The van der Waals surface area contributed by atoms with E-state index in [1.807, 2.05) is 90.3 Å². The molecule has 0 aliphatic heterocycles. The number of carbonyl (C=O) groups excluding carboxylic acids is 1. The van der Waals surface area contributed by atoms with Gasteiger partial charge in [-0.25, -0.2) is 4.52 Å². The average molecular weight is 483 g/mol. The van der Waals surface area contributed by atoms with E-state index in [1.54, 1.807) is 18.7 Å². The SMILES string of the molecule is COc1ccc(/C=C(/C(=O)Nc2nc3scc(-c4ccc(OC)cc4)n3n2)c2ccccc2)cc1. The first kappa shape index (κ1) is 22.4. The summed E-state index contributed by atoms with van der Waals surface area (Å²) in [4.78, 5) is 18.6. The molecule has 5 aromatic rings. The maximum absolute atomic E-state index is 13.4. The molecule has 1 amide bonds. The topological polar surface area (TPSA) is 77.8 Å². The number of benzene rings is 3. The molecule has 0 aliphatic rings. The van der Waals surface area contributed by atoms with Crippen molar-refractivity contribution in [2.75, 3.05) is 19.5 Å². The van der Waals surface area contributed by atoms with E-state index < -0.39 is 0 Å². The Hall–Kier alpha value is -4.43. The Morgan fingerprint density at radius 2 is 1.57 bits per heavy atom. The lowest BCUT2D eigenvalue weighted by Crippen LogP contribution is -2.15. The lowest BCUT2D eigenvalue weighted by molar-refractivity contribution is -0.111. The minimum Gasteiger partial charge on any atom is -0.497 e. The van der Waals surface area contributed by atoms with Gasteiger partial charge in [0.05, 0.1) is 19.9 Å². The molecule has 35 heavy (non-hydrogen) atoms. The van der Waals surface area contributed by atoms with E-state index in [0.29, 0.717) is 10.5 Å². The van der Waals surface area contributed by atoms with E-state index in [1.165, 1.54) is 11.3 Å². The first-order chi connectivity index (χ1) is 17.1. The number of aromatic nitrogens is 3. The van der Waals surface area contributed by atoms with E-state index in [0.717, 1.165) is 33.9 Å². The summed E-state index contributed by atoms with van der Waals surface area (Å²) in [5.74, 6) is 1.48. The largest absolute Gasteiger partial charge is 0.497 e. The molecule has 0 bridgehead atoms. The van der Waals surface area contributed by atoms with E-state index in [9.17, 15) is 4.79 Å². The predicted molar refractivity (Wildman–Crippen MR) is 139 cm³/mol. The summed E-state index contributed by atoms with van der Waals surface area (Å²) >= 11 is 1.46. The highest BCUT2D eigenvalue weighted by Crippen LogP contribution is 2.28. The molecular formula is C27H22N4O3S. The highest BCUT2D eigenvalue weighted by molar-refractivity contribution is 7.15. The number of hydrogen-bond acceptors (Lipinski definition) is 6. The number of hydrogen-bond donors (Lipinski definition) is 1. The molecular weight excluding hydrogens is 460 g/mol. The normalized spacial score (nSPS) is 11.4. The third-order valence-corrected chi connectivity index (χ3v) is 6.27. The quantitative estimate of drug-likeness (QED) is 0.239. The monoisotopic (exact) mass is 482 g/mol. The Morgan fingerprint density at radius 1 is 0.914 bits per heavy atom. The van der Waals surface area contributed by atoms with Crippen molar-refractivity contribution in [2.24, 2.45) is 0 Å². The average Bonchev–Trinajstić information content (AvgIpc) is 3.48. The maximum Gasteiger partial charge on any atom is 0.258 e. The highest BCUT2D eigenvalue weighted by Gasteiger charge is 2.17. The number of nitrogens with zero attached hydrogens (tertiary/aromatic N) is 3. The van der Waals surface area contributed by atoms with Crippen LogP contribution >= 0.6 is 11.3 Å². The third kappa shape index (κ3) is 4.78. The van der Waals surface area contributed by atoms with Gasteiger partial charge in [0.15, 0.2) is 0 Å². The van der Waals surface area contributed by atoms with Crippen LogP contribution in [0.5, 0.6) is 11.5 Å². The number of anilines is 1. The summed E-state index contributed by atoms with van der Waals surface area (Å²) in [5, 5.41) is 9.40. The first-order valence-electron chi connectivity index (χ1n) is 10.9. The molecule has 7 nitrogen and oxygen atoms in total. The van der Waals surface area contributed by atoms with Gasteiger partial charge in [-0.1, -0.05) is 42.5 Å². The highest BCUT2D eigenvalue weighted by atomic mass is 32.1. The molecule has 3 aromatic carbocycles. The van der Waals surface area contributed by atoms with Crippen molar-refractivity contribution in [3.63, 3.8) is 0 Å². The second kappa shape index (κ2) is 9.82. The molecule has 0 radical (unpaired) electrons. The van der Waals surface area contributed by atoms with Gasteiger partial charge < -0.3 is 9.47 Å². The molecule has 0 saturated heterocycles. The van der Waals surface area contributed by atoms with Crippen LogP contribution in [-0.2, 0) is 4.79 Å². The van der Waals surface area contributed by atoms with Crippen molar-refractivity contribution in [3.05, 3.63) is 95.4 Å². The Labute approximate surface area is 206 Å². The van der Waals surface area contributed by atoms with E-state index >= 15 is 0 Å². The van der Waals surface area contributed by atoms with Crippen molar-refractivity contribution < 1.29 is 14.3 Å². The van der Waals surface area contributed by atoms with Gasteiger partial charge in [0.2, 0.25) is 4.96 Å². The predicted octanol–water partition coefficient (Wildman–Crippen LogP) is 5.65. The van der Waals surface area contributed by atoms with E-state index in [-0.39, 0.29) is 11.9 Å². The Morgan fingerprint density at radius 3 is 2.23 bits per heavy atom. The summed E-state index contributed by atoms with van der Waals surface area (Å²) in [7, 11) is 3.26. The summed E-state index contributed by atoms with van der Waals surface area (Å²) in [5.41, 5.74) is 4.03. The van der Waals surface area contributed by atoms with Gasteiger partial charge in [-0.3, -0.25) is 10.1 Å². The molecule has 2 heterocycles. The van der Waals surface area contributed by atoms with Gasteiger partial charge in [0.1, 0.15) is 11.5 Å². The molecule has 174 valence electrons. The summed E-state index contributed by atoms with van der Waals surface area (Å²) in [6.07, 6.45) is 1.84. The van der Waals surface area contributed by atoms with Crippen LogP contribution in [0.2, 0.25) is 0 Å². The van der Waals surface area contributed by atoms with Crippen molar-refractivity contribution in [3.8, 4) is 22.8 Å². The van der Waals surface area contributed by atoms with Crippen molar-refractivity contribution in [2.45, 2.75) is 0 Å². The molecule has 0 saturated carbocycles. The number of methoxy groups -OCH3 is 2. The zero-order valence-corrected chi connectivity index (χ0v) is 20.0. The van der Waals surface area contributed by atoms with Crippen LogP contribution < -0.4 is 14.8 Å². The molecule has 2 aromatic heterocycles. The third-order valence-electron chi connectivity index (χ3n) is 5.45. The number of ether oxygens (including phenoxy) is 2. The number of thiazole rings is 1. The fraction of sp³-hybridized carbons (Fsp3) is 0.0741. The minimum atomic E-state index is -0.295. The molecule has 0 unspecified atom stereocenters. The van der Waals surface area contributed by atoms with Gasteiger partial charge in [-0.05, 0) is 53.6 Å². The second-order valence-corrected chi connectivity index (χ2v) is 8.47. The molecule has 0 atom stereocenters. The van der Waals surface area contributed by atoms with Gasteiger partial charge in [-0.15, -0.1) is 16.4 Å². The number of fused-ring (bicyclic) bond motifs is 1. The minimum absolute atomic E-state index is 0.244. The van der Waals surface area contributed by atoms with Crippen LogP contribution in [0.25, 0.3) is 27.9 Å². The molecule has 5 rings (SSSR count). The maximum atomic E-state index is 13.4. The van der Waals surface area contributed by atoms with E-state index in [4.69, 9.17) is 9.47 Å². The number of carbonyl (C=O) groups is 1. The molecule has 0 aliphatic carbocycles. The van der Waals surface area contributed by atoms with Crippen molar-refractivity contribution >= 4 is 39.8 Å². The van der Waals surface area contributed by atoms with E-state index in [2.05, 4.69) is 15.4 Å². The van der Waals surface area contributed by atoms with Gasteiger partial charge in [0, 0.05) is 16.5 Å².